The molecule has 0 heterocycles. The summed E-state index contributed by atoms with van der Waals surface area (Å²) in [6.07, 6.45) is 1.73. The highest BCUT2D eigenvalue weighted by Gasteiger charge is 2.27. The summed E-state index contributed by atoms with van der Waals surface area (Å²) in [7, 11) is 0. The Morgan fingerprint density at radius 2 is 1.27 bits per heavy atom. The molecule has 0 amide bonds. The van der Waals surface area contributed by atoms with Gasteiger partial charge < -0.3 is 15.3 Å². The van der Waals surface area contributed by atoms with Gasteiger partial charge in [0.25, 0.3) is 0 Å². The molecule has 0 saturated carbocycles. The number of carboxylic acids is 1. The van der Waals surface area contributed by atoms with Gasteiger partial charge in [-0.2, -0.15) is 0 Å². The molecule has 3 rings (SSSR count). The SMILES string of the molecule is CC(Cc1cc(C(C)(C)C)c(O)cc1CCc1ccccc1-c1cc(C(C)(C)C)cc(C(C)(C)C)c1O)C(=O)O. The third kappa shape index (κ3) is 7.08. The molecular formula is C36H48O4. The van der Waals surface area contributed by atoms with E-state index < -0.39 is 11.9 Å². The minimum atomic E-state index is -0.828. The molecule has 0 aliphatic heterocycles. The maximum Gasteiger partial charge on any atom is 0.306 e. The third-order valence-corrected chi connectivity index (χ3v) is 7.83. The number of aromatic hydroxyl groups is 2. The maximum absolute atomic E-state index is 11.7. The molecule has 0 spiro atoms. The summed E-state index contributed by atoms with van der Waals surface area (Å²) in [5.74, 6) is -0.800. The van der Waals surface area contributed by atoms with Crippen LogP contribution < -0.4 is 0 Å². The van der Waals surface area contributed by atoms with Crippen molar-refractivity contribution in [2.24, 2.45) is 5.92 Å². The molecule has 0 bridgehead atoms. The molecule has 0 aliphatic carbocycles. The standard InChI is InChI=1S/C36H48O4/c1-22(33(39)40)17-25-18-29(35(5,6)7)31(37)19-24(25)16-15-23-13-11-12-14-27(23)28-20-26(34(2,3)4)21-30(32(28)38)36(8,9)10/h11-14,18-22,37-38H,15-17H2,1-10H3,(H,39,40). The lowest BCUT2D eigenvalue weighted by atomic mass is 9.77. The van der Waals surface area contributed by atoms with Crippen molar-refractivity contribution in [1.82, 2.24) is 0 Å². The number of hydrogen-bond donors (Lipinski definition) is 3. The molecule has 4 nitrogen and oxygen atoms in total. The van der Waals surface area contributed by atoms with E-state index in [1.54, 1.807) is 6.92 Å². The first-order valence-electron chi connectivity index (χ1n) is 14.3. The Bertz CT molecular complexity index is 1380. The Morgan fingerprint density at radius 1 is 0.700 bits per heavy atom. The molecule has 0 fully saturated rings. The third-order valence-electron chi connectivity index (χ3n) is 7.83. The number of benzene rings is 3. The minimum absolute atomic E-state index is 0.0839. The van der Waals surface area contributed by atoms with Gasteiger partial charge in [0.1, 0.15) is 11.5 Å². The van der Waals surface area contributed by atoms with Crippen LogP contribution in [0.25, 0.3) is 11.1 Å². The molecule has 0 radical (unpaired) electrons. The second kappa shape index (κ2) is 11.3. The van der Waals surface area contributed by atoms with Crippen molar-refractivity contribution in [3.05, 3.63) is 81.9 Å². The number of carbonyl (C=O) groups is 1. The quantitative estimate of drug-likeness (QED) is 0.278. The molecule has 0 saturated heterocycles. The molecule has 1 unspecified atom stereocenters. The van der Waals surface area contributed by atoms with Crippen LogP contribution in [-0.2, 0) is 40.3 Å². The first-order chi connectivity index (χ1) is 18.3. The van der Waals surface area contributed by atoms with Crippen LogP contribution in [0.3, 0.4) is 0 Å². The maximum atomic E-state index is 11.7. The topological polar surface area (TPSA) is 77.8 Å². The molecule has 216 valence electrons. The molecule has 3 N–H and O–H groups in total. The fourth-order valence-electron chi connectivity index (χ4n) is 5.23. The van der Waals surface area contributed by atoms with Crippen molar-refractivity contribution in [1.29, 1.82) is 0 Å². The van der Waals surface area contributed by atoms with E-state index in [4.69, 9.17) is 0 Å². The van der Waals surface area contributed by atoms with E-state index in [1.165, 1.54) is 5.56 Å². The smallest absolute Gasteiger partial charge is 0.306 e. The summed E-state index contributed by atoms with van der Waals surface area (Å²) < 4.78 is 0. The highest BCUT2D eigenvalue weighted by atomic mass is 16.4. The van der Waals surface area contributed by atoms with Crippen LogP contribution in [0, 0.1) is 5.92 Å². The zero-order chi connectivity index (χ0) is 30.2. The molecule has 4 heteroatoms. The zero-order valence-electron chi connectivity index (χ0n) is 26.1. The Morgan fingerprint density at radius 3 is 1.82 bits per heavy atom. The summed E-state index contributed by atoms with van der Waals surface area (Å²) in [5, 5.41) is 32.1. The lowest BCUT2D eigenvalue weighted by Gasteiger charge is -2.28. The van der Waals surface area contributed by atoms with Crippen LogP contribution in [0.15, 0.2) is 48.5 Å². The Kier molecular flexibility index (Phi) is 8.84. The Labute approximate surface area is 241 Å². The average molecular weight is 545 g/mol. The summed E-state index contributed by atoms with van der Waals surface area (Å²) in [4.78, 5) is 11.7. The Balaban J connectivity index is 2.11. The number of rotatable bonds is 7. The van der Waals surface area contributed by atoms with Crippen LogP contribution in [0.2, 0.25) is 0 Å². The van der Waals surface area contributed by atoms with E-state index in [0.717, 1.165) is 38.9 Å². The van der Waals surface area contributed by atoms with Gasteiger partial charge in [0.05, 0.1) is 5.92 Å². The summed E-state index contributed by atoms with van der Waals surface area (Å²) in [6, 6.07) is 16.2. The number of aryl methyl sites for hydroxylation is 2. The van der Waals surface area contributed by atoms with Gasteiger partial charge in [0, 0.05) is 11.1 Å². The van der Waals surface area contributed by atoms with Crippen molar-refractivity contribution >= 4 is 5.97 Å². The van der Waals surface area contributed by atoms with Gasteiger partial charge in [-0.05, 0) is 81.0 Å². The van der Waals surface area contributed by atoms with Gasteiger partial charge in [0.2, 0.25) is 0 Å². The molecule has 3 aromatic carbocycles. The molecule has 0 aromatic heterocycles. The molecule has 1 atom stereocenters. The van der Waals surface area contributed by atoms with E-state index >= 15 is 0 Å². The number of hydrogen-bond acceptors (Lipinski definition) is 3. The predicted molar refractivity (Wildman–Crippen MR) is 166 cm³/mol. The van der Waals surface area contributed by atoms with Crippen molar-refractivity contribution in [2.75, 3.05) is 0 Å². The van der Waals surface area contributed by atoms with E-state index in [2.05, 4.69) is 65.8 Å². The first-order valence-corrected chi connectivity index (χ1v) is 14.3. The van der Waals surface area contributed by atoms with Crippen LogP contribution in [0.5, 0.6) is 11.5 Å². The van der Waals surface area contributed by atoms with Crippen LogP contribution in [0.4, 0.5) is 0 Å². The highest BCUT2D eigenvalue weighted by Crippen LogP contribution is 2.43. The largest absolute Gasteiger partial charge is 0.508 e. The highest BCUT2D eigenvalue weighted by molar-refractivity contribution is 5.76. The predicted octanol–water partition coefficient (Wildman–Crippen LogP) is 8.71. The molecular weight excluding hydrogens is 496 g/mol. The zero-order valence-corrected chi connectivity index (χ0v) is 26.1. The Hall–Kier alpha value is -3.27. The van der Waals surface area contributed by atoms with Gasteiger partial charge in [-0.25, -0.2) is 0 Å². The van der Waals surface area contributed by atoms with Crippen LogP contribution in [0.1, 0.15) is 103 Å². The fourth-order valence-corrected chi connectivity index (χ4v) is 5.23. The number of carboxylic acid groups (broad SMARTS) is 1. The van der Waals surface area contributed by atoms with Gasteiger partial charge in [-0.1, -0.05) is 106 Å². The van der Waals surface area contributed by atoms with E-state index in [-0.39, 0.29) is 22.0 Å². The van der Waals surface area contributed by atoms with E-state index in [0.29, 0.717) is 25.0 Å². The van der Waals surface area contributed by atoms with Gasteiger partial charge in [-0.3, -0.25) is 4.79 Å². The van der Waals surface area contributed by atoms with Crippen molar-refractivity contribution in [3.63, 3.8) is 0 Å². The summed E-state index contributed by atoms with van der Waals surface area (Å²) in [5.41, 5.74) is 7.19. The molecule has 3 aromatic rings. The minimum Gasteiger partial charge on any atom is -0.508 e. The molecule has 0 aliphatic rings. The fraction of sp³-hybridized carbons (Fsp3) is 0.472. The van der Waals surface area contributed by atoms with Gasteiger partial charge in [-0.15, -0.1) is 0 Å². The van der Waals surface area contributed by atoms with E-state index in [1.807, 2.05) is 45.0 Å². The summed E-state index contributed by atoms with van der Waals surface area (Å²) in [6.45, 7) is 20.8. The lowest BCUT2D eigenvalue weighted by Crippen LogP contribution is -2.17. The second-order valence-electron chi connectivity index (χ2n) is 14.4. The van der Waals surface area contributed by atoms with Crippen molar-refractivity contribution < 1.29 is 20.1 Å². The lowest BCUT2D eigenvalue weighted by molar-refractivity contribution is -0.141. The average Bonchev–Trinajstić information content (AvgIpc) is 2.82. The van der Waals surface area contributed by atoms with Gasteiger partial charge in [0.15, 0.2) is 0 Å². The van der Waals surface area contributed by atoms with Crippen molar-refractivity contribution in [2.45, 2.75) is 105 Å². The van der Waals surface area contributed by atoms with E-state index in [9.17, 15) is 20.1 Å². The monoisotopic (exact) mass is 544 g/mol. The van der Waals surface area contributed by atoms with Crippen molar-refractivity contribution in [3.8, 4) is 22.6 Å². The number of aliphatic carboxylic acids is 1. The van der Waals surface area contributed by atoms with Crippen LogP contribution in [-0.4, -0.2) is 21.3 Å². The van der Waals surface area contributed by atoms with Gasteiger partial charge >= 0.3 is 5.97 Å². The molecule has 40 heavy (non-hydrogen) atoms. The number of phenols is 2. The second-order valence-corrected chi connectivity index (χ2v) is 14.4. The number of phenolic OH excluding ortho intramolecular Hbond substituents is 2. The normalized spacial score (nSPS) is 13.3. The first kappa shape index (κ1) is 31.3. The van der Waals surface area contributed by atoms with Crippen LogP contribution >= 0.6 is 0 Å². The summed E-state index contributed by atoms with van der Waals surface area (Å²) >= 11 is 0.